The van der Waals surface area contributed by atoms with E-state index < -0.39 is 0 Å². The molecule has 21 heavy (non-hydrogen) atoms. The summed E-state index contributed by atoms with van der Waals surface area (Å²) in [5, 5.41) is 0. The molecule has 1 aromatic heterocycles. The highest BCUT2D eigenvalue weighted by molar-refractivity contribution is 7.15. The van der Waals surface area contributed by atoms with Crippen LogP contribution in [0, 0.1) is 6.92 Å². The van der Waals surface area contributed by atoms with E-state index in [1.54, 1.807) is 0 Å². The summed E-state index contributed by atoms with van der Waals surface area (Å²) in [4.78, 5) is 2.69. The van der Waals surface area contributed by atoms with Gasteiger partial charge in [0.05, 0.1) is 0 Å². The van der Waals surface area contributed by atoms with E-state index >= 15 is 0 Å². The zero-order valence-corrected chi connectivity index (χ0v) is 14.3. The van der Waals surface area contributed by atoms with Gasteiger partial charge in [-0.3, -0.25) is 0 Å². The molecular weight excluding hydrogens is 272 g/mol. The molecule has 1 atom stereocenters. The number of aryl methyl sites for hydroxylation is 1. The zero-order valence-electron chi connectivity index (χ0n) is 13.5. The Morgan fingerprint density at radius 1 is 1.14 bits per heavy atom. The minimum atomic E-state index is -0.0153. The van der Waals surface area contributed by atoms with E-state index in [9.17, 15) is 0 Å². The topological polar surface area (TPSA) is 0 Å². The lowest BCUT2D eigenvalue weighted by atomic mass is 9.77. The Morgan fingerprint density at radius 2 is 1.86 bits per heavy atom. The van der Waals surface area contributed by atoms with Gasteiger partial charge < -0.3 is 0 Å². The molecule has 0 aliphatic carbocycles. The van der Waals surface area contributed by atoms with Crippen LogP contribution in [-0.2, 0) is 5.41 Å². The minimum absolute atomic E-state index is 0.0153. The predicted molar refractivity (Wildman–Crippen MR) is 96.1 cm³/mol. The van der Waals surface area contributed by atoms with Gasteiger partial charge in [-0.1, -0.05) is 54.5 Å². The van der Waals surface area contributed by atoms with Gasteiger partial charge in [0.15, 0.2) is 0 Å². The van der Waals surface area contributed by atoms with Gasteiger partial charge in [-0.05, 0) is 44.9 Å². The summed E-state index contributed by atoms with van der Waals surface area (Å²) in [7, 11) is 0. The molecule has 110 valence electrons. The van der Waals surface area contributed by atoms with Crippen LogP contribution in [0.1, 0.15) is 37.6 Å². The van der Waals surface area contributed by atoms with Crippen molar-refractivity contribution in [2.24, 2.45) is 0 Å². The summed E-state index contributed by atoms with van der Waals surface area (Å²) in [5.74, 6) is 0. The molecule has 0 nitrogen and oxygen atoms in total. The van der Waals surface area contributed by atoms with Crippen molar-refractivity contribution < 1.29 is 0 Å². The maximum atomic E-state index is 4.22. The van der Waals surface area contributed by atoms with E-state index in [0.717, 1.165) is 6.42 Å². The molecule has 0 aliphatic rings. The number of thiophene rings is 1. The molecule has 0 fully saturated rings. The summed E-state index contributed by atoms with van der Waals surface area (Å²) in [5.41, 5.74) is 4.98. The molecule has 1 aromatic carbocycles. The average Bonchev–Trinajstić information content (AvgIpc) is 2.87. The Balaban J connectivity index is 2.42. The highest BCUT2D eigenvalue weighted by Crippen LogP contribution is 2.42. The molecule has 0 bridgehead atoms. The molecule has 2 aromatic rings. The van der Waals surface area contributed by atoms with Gasteiger partial charge >= 0.3 is 0 Å². The first-order valence-corrected chi connectivity index (χ1v) is 8.12. The van der Waals surface area contributed by atoms with Crippen molar-refractivity contribution >= 4 is 11.3 Å². The van der Waals surface area contributed by atoms with Crippen LogP contribution >= 0.6 is 11.3 Å². The SMILES string of the molecule is C=C(C)CC(C)(C(=C)C)c1ccc(-c2cccc(C)c2)s1. The van der Waals surface area contributed by atoms with Crippen LogP contribution in [0.2, 0.25) is 0 Å². The van der Waals surface area contributed by atoms with E-state index in [0.29, 0.717) is 0 Å². The van der Waals surface area contributed by atoms with Crippen molar-refractivity contribution in [2.45, 2.75) is 39.5 Å². The summed E-state index contributed by atoms with van der Waals surface area (Å²) in [6.45, 7) is 16.9. The maximum Gasteiger partial charge on any atom is 0.0346 e. The summed E-state index contributed by atoms with van der Waals surface area (Å²) in [6, 6.07) is 13.2. The second-order valence-corrected chi connectivity index (χ2v) is 7.36. The fourth-order valence-electron chi connectivity index (χ4n) is 2.64. The predicted octanol–water partition coefficient (Wildman–Crippen LogP) is 6.52. The lowest BCUT2D eigenvalue weighted by Crippen LogP contribution is -2.21. The summed E-state index contributed by atoms with van der Waals surface area (Å²) < 4.78 is 0. The number of hydrogen-bond acceptors (Lipinski definition) is 1. The van der Waals surface area contributed by atoms with E-state index in [1.807, 2.05) is 11.3 Å². The Labute approximate surface area is 132 Å². The Bertz CT molecular complexity index is 675. The molecule has 0 saturated heterocycles. The van der Waals surface area contributed by atoms with Crippen molar-refractivity contribution in [1.82, 2.24) is 0 Å². The minimum Gasteiger partial charge on any atom is -0.139 e. The van der Waals surface area contributed by atoms with Crippen molar-refractivity contribution in [3.63, 3.8) is 0 Å². The van der Waals surface area contributed by atoms with Crippen molar-refractivity contribution in [3.05, 3.63) is 71.1 Å². The standard InChI is InChI=1S/C20H24S/c1-14(2)13-20(6,15(3)4)19-11-10-18(21-19)17-9-7-8-16(5)12-17/h7-12H,1,3,13H2,2,4-6H3. The molecule has 0 N–H and O–H groups in total. The summed E-state index contributed by atoms with van der Waals surface area (Å²) in [6.07, 6.45) is 0.954. The quantitative estimate of drug-likeness (QED) is 0.551. The maximum absolute atomic E-state index is 4.22. The number of hydrogen-bond donors (Lipinski definition) is 0. The normalized spacial score (nSPS) is 13.7. The van der Waals surface area contributed by atoms with Crippen molar-refractivity contribution in [2.75, 3.05) is 0 Å². The van der Waals surface area contributed by atoms with Gasteiger partial charge in [0.1, 0.15) is 0 Å². The van der Waals surface area contributed by atoms with E-state index in [4.69, 9.17) is 0 Å². The number of allylic oxidation sites excluding steroid dienone is 2. The van der Waals surface area contributed by atoms with Crippen LogP contribution < -0.4 is 0 Å². The van der Waals surface area contributed by atoms with Gasteiger partial charge in [-0.25, -0.2) is 0 Å². The third kappa shape index (κ3) is 3.36. The second kappa shape index (κ2) is 6.03. The van der Waals surface area contributed by atoms with Crippen LogP contribution in [0.3, 0.4) is 0 Å². The molecule has 0 radical (unpaired) electrons. The smallest absolute Gasteiger partial charge is 0.0346 e. The lowest BCUT2D eigenvalue weighted by molar-refractivity contribution is 0.564. The van der Waals surface area contributed by atoms with Gasteiger partial charge in [-0.2, -0.15) is 0 Å². The van der Waals surface area contributed by atoms with Gasteiger partial charge in [-0.15, -0.1) is 17.9 Å². The molecule has 0 spiro atoms. The monoisotopic (exact) mass is 296 g/mol. The fraction of sp³-hybridized carbons (Fsp3) is 0.300. The van der Waals surface area contributed by atoms with E-state index in [2.05, 4.69) is 77.3 Å². The molecule has 0 aliphatic heterocycles. The number of benzene rings is 1. The average molecular weight is 296 g/mol. The van der Waals surface area contributed by atoms with Crippen LogP contribution in [0.4, 0.5) is 0 Å². The molecule has 1 heteroatoms. The van der Waals surface area contributed by atoms with E-state index in [-0.39, 0.29) is 5.41 Å². The molecule has 2 rings (SSSR count). The second-order valence-electron chi connectivity index (χ2n) is 6.28. The Morgan fingerprint density at radius 3 is 2.43 bits per heavy atom. The third-order valence-electron chi connectivity index (χ3n) is 4.05. The molecule has 1 unspecified atom stereocenters. The fourth-order valence-corrected chi connectivity index (χ4v) is 3.87. The van der Waals surface area contributed by atoms with Gasteiger partial charge in [0.25, 0.3) is 0 Å². The van der Waals surface area contributed by atoms with Crippen LogP contribution in [0.25, 0.3) is 10.4 Å². The van der Waals surface area contributed by atoms with Crippen LogP contribution in [0.5, 0.6) is 0 Å². The molecule has 0 amide bonds. The highest BCUT2D eigenvalue weighted by atomic mass is 32.1. The summed E-state index contributed by atoms with van der Waals surface area (Å²) >= 11 is 1.87. The lowest BCUT2D eigenvalue weighted by Gasteiger charge is -2.29. The number of rotatable bonds is 5. The largest absolute Gasteiger partial charge is 0.139 e. The Hall–Kier alpha value is -1.60. The molecular formula is C20H24S. The first-order chi connectivity index (χ1) is 9.83. The van der Waals surface area contributed by atoms with E-state index in [1.165, 1.54) is 32.0 Å². The van der Waals surface area contributed by atoms with Crippen molar-refractivity contribution in [1.29, 1.82) is 0 Å². The van der Waals surface area contributed by atoms with Gasteiger partial charge in [0, 0.05) is 15.2 Å². The first kappa shape index (κ1) is 15.8. The Kier molecular flexibility index (Phi) is 4.53. The molecule has 1 heterocycles. The first-order valence-electron chi connectivity index (χ1n) is 7.30. The van der Waals surface area contributed by atoms with Crippen LogP contribution in [0.15, 0.2) is 60.7 Å². The van der Waals surface area contributed by atoms with Gasteiger partial charge in [0.2, 0.25) is 0 Å². The molecule has 0 saturated carbocycles. The zero-order chi connectivity index (χ0) is 15.6. The highest BCUT2D eigenvalue weighted by Gasteiger charge is 2.29. The van der Waals surface area contributed by atoms with Crippen molar-refractivity contribution in [3.8, 4) is 10.4 Å². The van der Waals surface area contributed by atoms with Crippen LogP contribution in [-0.4, -0.2) is 0 Å². The third-order valence-corrected chi connectivity index (χ3v) is 5.45.